The maximum absolute atomic E-state index is 5.66. The molecule has 0 aliphatic rings. The van der Waals surface area contributed by atoms with Crippen LogP contribution in [0, 0.1) is 0 Å². The smallest absolute Gasteiger partial charge is 0.146 e. The molecule has 0 unspecified atom stereocenters. The number of rotatable bonds is 5. The van der Waals surface area contributed by atoms with Crippen LogP contribution < -0.4 is 5.73 Å². The first-order chi connectivity index (χ1) is 8.35. The molecule has 1 aromatic carbocycles. The SMILES string of the molecule is CCCn1c(CN)nnc1Cc1ccccc1. The molecule has 2 aromatic rings. The van der Waals surface area contributed by atoms with Crippen LogP contribution in [0.15, 0.2) is 30.3 Å². The van der Waals surface area contributed by atoms with Gasteiger partial charge in [-0.05, 0) is 12.0 Å². The van der Waals surface area contributed by atoms with Crippen molar-refractivity contribution in [3.63, 3.8) is 0 Å². The van der Waals surface area contributed by atoms with Crippen molar-refractivity contribution < 1.29 is 0 Å². The van der Waals surface area contributed by atoms with Gasteiger partial charge in [0.15, 0.2) is 0 Å². The lowest BCUT2D eigenvalue weighted by molar-refractivity contribution is 0.615. The number of hydrogen-bond acceptors (Lipinski definition) is 3. The Morgan fingerprint density at radius 1 is 1.12 bits per heavy atom. The molecule has 2 rings (SSSR count). The predicted molar refractivity (Wildman–Crippen MR) is 67.5 cm³/mol. The van der Waals surface area contributed by atoms with Crippen molar-refractivity contribution >= 4 is 0 Å². The third-order valence-corrected chi connectivity index (χ3v) is 2.74. The second-order valence-corrected chi connectivity index (χ2v) is 4.05. The van der Waals surface area contributed by atoms with E-state index in [9.17, 15) is 0 Å². The summed E-state index contributed by atoms with van der Waals surface area (Å²) in [5, 5.41) is 8.37. The molecule has 17 heavy (non-hydrogen) atoms. The van der Waals surface area contributed by atoms with E-state index in [1.54, 1.807) is 0 Å². The van der Waals surface area contributed by atoms with Gasteiger partial charge in [0.2, 0.25) is 0 Å². The van der Waals surface area contributed by atoms with Crippen LogP contribution in [0.3, 0.4) is 0 Å². The Balaban J connectivity index is 2.23. The molecule has 0 aliphatic carbocycles. The van der Waals surface area contributed by atoms with Crippen LogP contribution in [-0.4, -0.2) is 14.8 Å². The fraction of sp³-hybridized carbons (Fsp3) is 0.385. The molecular formula is C13H18N4. The summed E-state index contributed by atoms with van der Waals surface area (Å²) >= 11 is 0. The Morgan fingerprint density at radius 3 is 2.47 bits per heavy atom. The van der Waals surface area contributed by atoms with Gasteiger partial charge < -0.3 is 10.3 Å². The lowest BCUT2D eigenvalue weighted by Crippen LogP contribution is -2.11. The largest absolute Gasteiger partial charge is 0.324 e. The quantitative estimate of drug-likeness (QED) is 0.851. The highest BCUT2D eigenvalue weighted by Gasteiger charge is 2.10. The van der Waals surface area contributed by atoms with Gasteiger partial charge in [0.25, 0.3) is 0 Å². The van der Waals surface area contributed by atoms with E-state index >= 15 is 0 Å². The Labute approximate surface area is 101 Å². The maximum atomic E-state index is 5.66. The minimum absolute atomic E-state index is 0.446. The third kappa shape index (κ3) is 2.71. The van der Waals surface area contributed by atoms with Gasteiger partial charge in [-0.2, -0.15) is 0 Å². The van der Waals surface area contributed by atoms with E-state index in [2.05, 4.69) is 33.8 Å². The molecule has 4 nitrogen and oxygen atoms in total. The first-order valence-corrected chi connectivity index (χ1v) is 6.00. The van der Waals surface area contributed by atoms with E-state index in [1.807, 2.05) is 18.2 Å². The molecule has 0 spiro atoms. The maximum Gasteiger partial charge on any atom is 0.146 e. The van der Waals surface area contributed by atoms with E-state index in [4.69, 9.17) is 5.73 Å². The minimum atomic E-state index is 0.446. The topological polar surface area (TPSA) is 56.7 Å². The summed E-state index contributed by atoms with van der Waals surface area (Å²) in [6, 6.07) is 10.3. The van der Waals surface area contributed by atoms with E-state index in [0.29, 0.717) is 6.54 Å². The molecule has 0 atom stereocenters. The zero-order valence-corrected chi connectivity index (χ0v) is 10.1. The molecular weight excluding hydrogens is 212 g/mol. The number of benzene rings is 1. The van der Waals surface area contributed by atoms with Gasteiger partial charge in [-0.3, -0.25) is 0 Å². The first kappa shape index (κ1) is 11.8. The summed E-state index contributed by atoms with van der Waals surface area (Å²) in [6.07, 6.45) is 1.88. The Hall–Kier alpha value is -1.68. The normalized spacial score (nSPS) is 10.7. The van der Waals surface area contributed by atoms with Crippen molar-refractivity contribution in [1.29, 1.82) is 0 Å². The molecule has 0 aliphatic heterocycles. The molecule has 1 aromatic heterocycles. The molecule has 0 saturated heterocycles. The van der Waals surface area contributed by atoms with E-state index in [-0.39, 0.29) is 0 Å². The number of nitrogens with zero attached hydrogens (tertiary/aromatic N) is 3. The van der Waals surface area contributed by atoms with E-state index in [0.717, 1.165) is 31.0 Å². The standard InChI is InChI=1S/C13H18N4/c1-2-8-17-12(15-16-13(17)10-14)9-11-6-4-3-5-7-11/h3-7H,2,8-10,14H2,1H3. The number of nitrogens with two attached hydrogens (primary N) is 1. The monoisotopic (exact) mass is 230 g/mol. The van der Waals surface area contributed by atoms with Gasteiger partial charge in [-0.25, -0.2) is 0 Å². The van der Waals surface area contributed by atoms with Crippen LogP contribution >= 0.6 is 0 Å². The van der Waals surface area contributed by atoms with Crippen molar-refractivity contribution in [2.75, 3.05) is 0 Å². The van der Waals surface area contributed by atoms with Gasteiger partial charge in [-0.1, -0.05) is 37.3 Å². The Morgan fingerprint density at radius 2 is 1.82 bits per heavy atom. The van der Waals surface area contributed by atoms with Gasteiger partial charge in [0.1, 0.15) is 11.6 Å². The zero-order chi connectivity index (χ0) is 12.1. The summed E-state index contributed by atoms with van der Waals surface area (Å²) in [5.41, 5.74) is 6.92. The number of aromatic nitrogens is 3. The van der Waals surface area contributed by atoms with Crippen LogP contribution in [0.25, 0.3) is 0 Å². The first-order valence-electron chi connectivity index (χ1n) is 6.00. The Bertz CT molecular complexity index is 462. The van der Waals surface area contributed by atoms with E-state index < -0.39 is 0 Å². The van der Waals surface area contributed by atoms with Crippen LogP contribution in [0.5, 0.6) is 0 Å². The van der Waals surface area contributed by atoms with Crippen LogP contribution in [0.2, 0.25) is 0 Å². The average Bonchev–Trinajstić information content (AvgIpc) is 2.74. The molecule has 0 radical (unpaired) electrons. The van der Waals surface area contributed by atoms with Crippen molar-refractivity contribution in [2.24, 2.45) is 5.73 Å². The van der Waals surface area contributed by atoms with Crippen molar-refractivity contribution in [3.8, 4) is 0 Å². The molecule has 0 saturated carbocycles. The average molecular weight is 230 g/mol. The van der Waals surface area contributed by atoms with Gasteiger partial charge in [-0.15, -0.1) is 10.2 Å². The fourth-order valence-corrected chi connectivity index (χ4v) is 1.91. The third-order valence-electron chi connectivity index (χ3n) is 2.74. The van der Waals surface area contributed by atoms with Crippen LogP contribution in [0.4, 0.5) is 0 Å². The lowest BCUT2D eigenvalue weighted by Gasteiger charge is -2.07. The molecule has 0 bridgehead atoms. The molecule has 90 valence electrons. The Kier molecular flexibility index (Phi) is 3.88. The molecule has 0 amide bonds. The summed E-state index contributed by atoms with van der Waals surface area (Å²) in [4.78, 5) is 0. The summed E-state index contributed by atoms with van der Waals surface area (Å²) in [5.74, 6) is 1.87. The predicted octanol–water partition coefficient (Wildman–Crippen LogP) is 1.74. The highest BCUT2D eigenvalue weighted by atomic mass is 15.3. The van der Waals surface area contributed by atoms with Crippen molar-refractivity contribution in [2.45, 2.75) is 32.9 Å². The molecule has 0 fully saturated rings. The second-order valence-electron chi connectivity index (χ2n) is 4.05. The fourth-order valence-electron chi connectivity index (χ4n) is 1.91. The molecule has 1 heterocycles. The summed E-state index contributed by atoms with van der Waals surface area (Å²) in [6.45, 7) is 3.52. The summed E-state index contributed by atoms with van der Waals surface area (Å²) < 4.78 is 2.13. The second kappa shape index (κ2) is 5.59. The van der Waals surface area contributed by atoms with Crippen LogP contribution in [0.1, 0.15) is 30.6 Å². The van der Waals surface area contributed by atoms with Gasteiger partial charge in [0, 0.05) is 13.0 Å². The molecule has 4 heteroatoms. The zero-order valence-electron chi connectivity index (χ0n) is 10.1. The van der Waals surface area contributed by atoms with Gasteiger partial charge in [0.05, 0.1) is 6.54 Å². The van der Waals surface area contributed by atoms with E-state index in [1.165, 1.54) is 5.56 Å². The lowest BCUT2D eigenvalue weighted by atomic mass is 10.1. The van der Waals surface area contributed by atoms with Crippen molar-refractivity contribution in [3.05, 3.63) is 47.5 Å². The minimum Gasteiger partial charge on any atom is -0.324 e. The molecule has 2 N–H and O–H groups in total. The summed E-state index contributed by atoms with van der Waals surface area (Å²) in [7, 11) is 0. The highest BCUT2D eigenvalue weighted by Crippen LogP contribution is 2.09. The number of hydrogen-bond donors (Lipinski definition) is 1. The highest BCUT2D eigenvalue weighted by molar-refractivity contribution is 5.19. The van der Waals surface area contributed by atoms with Crippen molar-refractivity contribution in [1.82, 2.24) is 14.8 Å². The van der Waals surface area contributed by atoms with Gasteiger partial charge >= 0.3 is 0 Å². The van der Waals surface area contributed by atoms with Crippen LogP contribution in [-0.2, 0) is 19.5 Å².